The van der Waals surface area contributed by atoms with Gasteiger partial charge in [-0.1, -0.05) is 49.2 Å². The molecule has 0 aliphatic carbocycles. The summed E-state index contributed by atoms with van der Waals surface area (Å²) >= 11 is 0. The number of ketones is 1. The van der Waals surface area contributed by atoms with E-state index in [1.54, 1.807) is 42.5 Å². The second-order valence-electron chi connectivity index (χ2n) is 8.80. The molecule has 3 aromatic carbocycles. The third-order valence-corrected chi connectivity index (χ3v) is 6.28. The molecule has 192 valence electrons. The van der Waals surface area contributed by atoms with Gasteiger partial charge in [-0.25, -0.2) is 4.39 Å². The molecule has 0 radical (unpaired) electrons. The zero-order valence-electron chi connectivity index (χ0n) is 20.1. The highest BCUT2D eigenvalue weighted by molar-refractivity contribution is 6.06. The molecule has 0 aliphatic heterocycles. The summed E-state index contributed by atoms with van der Waals surface area (Å²) in [4.78, 5) is 35.8. The number of carbonyl (C=O) groups excluding carboxylic acids is 3. The summed E-state index contributed by atoms with van der Waals surface area (Å²) in [5.74, 6) is -3.25. The Labute approximate surface area is 214 Å². The third kappa shape index (κ3) is 6.61. The van der Waals surface area contributed by atoms with Crippen LogP contribution in [0.15, 0.2) is 72.8 Å². The van der Waals surface area contributed by atoms with Crippen LogP contribution in [0.4, 0.5) is 15.8 Å². The number of carboxylic acid groups (broad SMARTS) is 2. The molecule has 4 N–H and O–H groups in total. The minimum absolute atomic E-state index is 0.111. The molecule has 0 saturated carbocycles. The number of halogens is 1. The Morgan fingerprint density at radius 1 is 0.865 bits per heavy atom. The number of carbonyl (C=O) groups is 3. The van der Waals surface area contributed by atoms with E-state index < -0.39 is 23.2 Å². The number of benzene rings is 3. The molecule has 1 unspecified atom stereocenters. The zero-order chi connectivity index (χ0) is 27.0. The van der Waals surface area contributed by atoms with Crippen LogP contribution in [0.3, 0.4) is 0 Å². The number of aliphatic carboxylic acids is 2. The lowest BCUT2D eigenvalue weighted by atomic mass is 9.70. The second kappa shape index (κ2) is 12.0. The van der Waals surface area contributed by atoms with E-state index in [0.29, 0.717) is 47.2 Å². The maximum Gasteiger partial charge on any atom is 0.185 e. The van der Waals surface area contributed by atoms with E-state index in [2.05, 4.69) is 0 Å². The topological polar surface area (TPSA) is 149 Å². The summed E-state index contributed by atoms with van der Waals surface area (Å²) in [6, 6.07) is 16.4. The molecule has 0 saturated heterocycles. The van der Waals surface area contributed by atoms with Crippen LogP contribution in [0, 0.1) is 5.82 Å². The molecule has 0 amide bonds. The van der Waals surface area contributed by atoms with Crippen molar-refractivity contribution in [1.82, 2.24) is 0 Å². The van der Waals surface area contributed by atoms with Crippen LogP contribution in [-0.2, 0) is 15.0 Å². The normalized spacial score (nSPS) is 12.8. The van der Waals surface area contributed by atoms with Crippen LogP contribution in [0.25, 0.3) is 6.08 Å². The van der Waals surface area contributed by atoms with Gasteiger partial charge in [0.1, 0.15) is 5.82 Å². The van der Waals surface area contributed by atoms with Gasteiger partial charge in [0.05, 0.1) is 11.4 Å². The second-order valence-corrected chi connectivity index (χ2v) is 8.80. The van der Waals surface area contributed by atoms with Gasteiger partial charge >= 0.3 is 0 Å². The Morgan fingerprint density at radius 3 is 2.14 bits per heavy atom. The minimum Gasteiger partial charge on any atom is -0.550 e. The summed E-state index contributed by atoms with van der Waals surface area (Å²) < 4.78 is 13.1. The number of nitrogens with two attached hydrogens (primary N) is 2. The number of hydrogen-bond donors (Lipinski definition) is 2. The van der Waals surface area contributed by atoms with Crippen LogP contribution in [0.2, 0.25) is 0 Å². The quantitative estimate of drug-likeness (QED) is 0.167. The molecule has 8 heteroatoms. The van der Waals surface area contributed by atoms with Gasteiger partial charge < -0.3 is 31.3 Å². The lowest BCUT2D eigenvalue weighted by Crippen LogP contribution is -2.47. The molecule has 0 heterocycles. The van der Waals surface area contributed by atoms with E-state index in [0.717, 1.165) is 0 Å². The Balaban J connectivity index is 1.92. The van der Waals surface area contributed by atoms with Gasteiger partial charge in [0.15, 0.2) is 5.78 Å². The average Bonchev–Trinajstić information content (AvgIpc) is 2.86. The van der Waals surface area contributed by atoms with E-state index in [9.17, 15) is 29.0 Å². The summed E-state index contributed by atoms with van der Waals surface area (Å²) in [5.41, 5.74) is 12.7. The lowest BCUT2D eigenvalue weighted by Gasteiger charge is -2.37. The van der Waals surface area contributed by atoms with Gasteiger partial charge in [-0.15, -0.1) is 0 Å². The largest absolute Gasteiger partial charge is 0.550 e. The standard InChI is InChI=1S/C29H29FN2O5/c30-22-12-8-20(9-13-22)26(33)16-7-19-5-10-21(11-6-19)29(28(36)37,17-3-1-2-4-27(34)35)24-15-14-23(31)18-25(24)32/h5-16,18H,1-4,17,31-32H2,(H,34,35)(H,36,37)/p-2/b16-7+. The van der Waals surface area contributed by atoms with Crippen LogP contribution in [0.5, 0.6) is 0 Å². The van der Waals surface area contributed by atoms with E-state index in [1.807, 2.05) is 0 Å². The van der Waals surface area contributed by atoms with Crippen molar-refractivity contribution in [3.63, 3.8) is 0 Å². The highest BCUT2D eigenvalue weighted by atomic mass is 19.1. The van der Waals surface area contributed by atoms with Crippen molar-refractivity contribution >= 4 is 35.2 Å². The van der Waals surface area contributed by atoms with Crippen molar-refractivity contribution in [2.75, 3.05) is 11.5 Å². The molecule has 37 heavy (non-hydrogen) atoms. The van der Waals surface area contributed by atoms with E-state index in [-0.39, 0.29) is 24.3 Å². The fourth-order valence-corrected chi connectivity index (χ4v) is 4.33. The Hall–Kier alpha value is -4.46. The van der Waals surface area contributed by atoms with Crippen LogP contribution >= 0.6 is 0 Å². The molecule has 7 nitrogen and oxygen atoms in total. The summed E-state index contributed by atoms with van der Waals surface area (Å²) in [6.45, 7) is 0. The van der Waals surface area contributed by atoms with Crippen molar-refractivity contribution in [1.29, 1.82) is 0 Å². The average molecular weight is 503 g/mol. The third-order valence-electron chi connectivity index (χ3n) is 6.28. The fourth-order valence-electron chi connectivity index (χ4n) is 4.33. The lowest BCUT2D eigenvalue weighted by molar-refractivity contribution is -0.312. The first kappa shape index (κ1) is 27.1. The van der Waals surface area contributed by atoms with Crippen LogP contribution in [-0.4, -0.2) is 17.7 Å². The molecule has 0 aromatic heterocycles. The number of rotatable bonds is 12. The van der Waals surface area contributed by atoms with Gasteiger partial charge in [-0.05, 0) is 78.4 Å². The number of unbranched alkanes of at least 4 members (excludes halogenated alkanes) is 2. The molecule has 0 fully saturated rings. The number of carboxylic acids is 2. The molecule has 3 aromatic rings. The Bertz CT molecular complexity index is 1300. The van der Waals surface area contributed by atoms with Crippen molar-refractivity contribution in [3.05, 3.63) is 101 Å². The highest BCUT2D eigenvalue weighted by Crippen LogP contribution is 2.41. The van der Waals surface area contributed by atoms with E-state index >= 15 is 0 Å². The van der Waals surface area contributed by atoms with Gasteiger partial charge in [-0.3, -0.25) is 4.79 Å². The zero-order valence-corrected chi connectivity index (χ0v) is 20.1. The summed E-state index contributed by atoms with van der Waals surface area (Å²) in [5, 5.41) is 23.4. The van der Waals surface area contributed by atoms with Gasteiger partial charge in [0.25, 0.3) is 0 Å². The number of nitrogen functional groups attached to an aromatic ring is 2. The van der Waals surface area contributed by atoms with E-state index in [1.165, 1.54) is 36.4 Å². The van der Waals surface area contributed by atoms with Crippen molar-refractivity contribution in [2.45, 2.75) is 37.5 Å². The van der Waals surface area contributed by atoms with E-state index in [4.69, 9.17) is 11.5 Å². The predicted molar refractivity (Wildman–Crippen MR) is 135 cm³/mol. The molecular weight excluding hydrogens is 475 g/mol. The van der Waals surface area contributed by atoms with Gasteiger partial charge in [0.2, 0.25) is 0 Å². The minimum atomic E-state index is -1.61. The maximum absolute atomic E-state index is 13.1. The molecule has 0 aliphatic rings. The first-order valence-corrected chi connectivity index (χ1v) is 11.8. The molecule has 3 rings (SSSR count). The smallest absolute Gasteiger partial charge is 0.185 e. The summed E-state index contributed by atoms with van der Waals surface area (Å²) in [6.07, 6.45) is 4.17. The fraction of sp³-hybridized carbons (Fsp3) is 0.207. The molecular formula is C29H27FN2O5-2. The van der Waals surface area contributed by atoms with Gasteiger partial charge in [0, 0.05) is 22.9 Å². The van der Waals surface area contributed by atoms with Crippen molar-refractivity contribution in [3.8, 4) is 0 Å². The van der Waals surface area contributed by atoms with Crippen LogP contribution < -0.4 is 21.7 Å². The first-order valence-electron chi connectivity index (χ1n) is 11.8. The number of allylic oxidation sites excluding steroid dienone is 1. The molecule has 1 atom stereocenters. The first-order chi connectivity index (χ1) is 17.6. The monoisotopic (exact) mass is 502 g/mol. The molecule has 0 spiro atoms. The highest BCUT2D eigenvalue weighted by Gasteiger charge is 2.37. The van der Waals surface area contributed by atoms with Crippen LogP contribution in [0.1, 0.15) is 59.2 Å². The number of hydrogen-bond acceptors (Lipinski definition) is 7. The predicted octanol–water partition coefficient (Wildman–Crippen LogP) is 2.62. The van der Waals surface area contributed by atoms with Crippen molar-refractivity contribution < 1.29 is 29.0 Å². The SMILES string of the molecule is Nc1ccc(C(CCCCCC(=O)[O-])(C(=O)[O-])c2ccc(/C=C/C(=O)c3ccc(F)cc3)cc2)c(N)c1. The summed E-state index contributed by atoms with van der Waals surface area (Å²) in [7, 11) is 0. The molecule has 0 bridgehead atoms. The number of anilines is 2. The van der Waals surface area contributed by atoms with Gasteiger partial charge in [-0.2, -0.15) is 0 Å². The Kier molecular flexibility index (Phi) is 8.79. The maximum atomic E-state index is 13.1. The Morgan fingerprint density at radius 2 is 1.54 bits per heavy atom. The van der Waals surface area contributed by atoms with Crippen molar-refractivity contribution in [2.24, 2.45) is 0 Å².